The zero-order chi connectivity index (χ0) is 20.4. The largest absolute Gasteiger partial charge is 0.452 e. The minimum Gasteiger partial charge on any atom is -0.452 e. The molecule has 0 saturated heterocycles. The van der Waals surface area contributed by atoms with E-state index in [2.05, 4.69) is 17.2 Å². The van der Waals surface area contributed by atoms with Crippen LogP contribution in [0.3, 0.4) is 0 Å². The van der Waals surface area contributed by atoms with Gasteiger partial charge in [-0.2, -0.15) is 0 Å². The Morgan fingerprint density at radius 1 is 0.964 bits per heavy atom. The molecule has 0 aliphatic carbocycles. The lowest BCUT2D eigenvalue weighted by atomic mass is 10.1. The van der Waals surface area contributed by atoms with Gasteiger partial charge in [-0.15, -0.1) is 6.58 Å². The second-order valence-corrected chi connectivity index (χ2v) is 5.49. The molecule has 0 aliphatic heterocycles. The highest BCUT2D eigenvalue weighted by Crippen LogP contribution is 2.17. The molecule has 2 aromatic carbocycles. The topological polar surface area (TPSA) is 114 Å². The summed E-state index contributed by atoms with van der Waals surface area (Å²) in [6, 6.07) is 14.0. The lowest BCUT2D eigenvalue weighted by molar-refractivity contribution is -0.123. The third kappa shape index (κ3) is 6.10. The van der Waals surface area contributed by atoms with E-state index in [0.717, 1.165) is 0 Å². The summed E-state index contributed by atoms with van der Waals surface area (Å²) in [7, 11) is 0. The highest BCUT2D eigenvalue weighted by Gasteiger charge is 2.17. The zero-order valence-electron chi connectivity index (χ0n) is 14.9. The van der Waals surface area contributed by atoms with Gasteiger partial charge in [-0.1, -0.05) is 36.4 Å². The SMILES string of the molecule is C=CCNC(=O)NC(=O)COC(=O)c1ccccc1NC(=O)c1ccccc1. The van der Waals surface area contributed by atoms with E-state index < -0.39 is 30.4 Å². The second kappa shape index (κ2) is 10.3. The molecule has 4 amide bonds. The number of anilines is 1. The number of hydrogen-bond donors (Lipinski definition) is 3. The normalized spacial score (nSPS) is 9.71. The molecule has 0 aromatic heterocycles. The van der Waals surface area contributed by atoms with Gasteiger partial charge < -0.3 is 15.4 Å². The Bertz CT molecular complexity index is 880. The molecule has 3 N–H and O–H groups in total. The number of para-hydroxylation sites is 1. The van der Waals surface area contributed by atoms with Crippen LogP contribution in [0.1, 0.15) is 20.7 Å². The summed E-state index contributed by atoms with van der Waals surface area (Å²) in [6.07, 6.45) is 1.45. The Kier molecular flexibility index (Phi) is 7.47. The van der Waals surface area contributed by atoms with Crippen molar-refractivity contribution in [1.82, 2.24) is 10.6 Å². The van der Waals surface area contributed by atoms with Crippen molar-refractivity contribution in [2.24, 2.45) is 0 Å². The monoisotopic (exact) mass is 381 g/mol. The van der Waals surface area contributed by atoms with Crippen molar-refractivity contribution in [1.29, 1.82) is 0 Å². The predicted molar refractivity (Wildman–Crippen MR) is 103 cm³/mol. The van der Waals surface area contributed by atoms with Crippen LogP contribution in [0.15, 0.2) is 67.3 Å². The van der Waals surface area contributed by atoms with Crippen LogP contribution >= 0.6 is 0 Å². The fraction of sp³-hybridized carbons (Fsp3) is 0.100. The van der Waals surface area contributed by atoms with Crippen LogP contribution in [0.5, 0.6) is 0 Å². The van der Waals surface area contributed by atoms with Crippen molar-refractivity contribution in [3.05, 3.63) is 78.4 Å². The number of nitrogens with one attached hydrogen (secondary N) is 3. The number of hydrogen-bond acceptors (Lipinski definition) is 5. The molecule has 0 unspecified atom stereocenters. The van der Waals surface area contributed by atoms with Crippen LogP contribution in [-0.2, 0) is 9.53 Å². The molecule has 0 bridgehead atoms. The van der Waals surface area contributed by atoms with Gasteiger partial charge in [-0.3, -0.25) is 14.9 Å². The molecule has 0 saturated carbocycles. The summed E-state index contributed by atoms with van der Waals surface area (Å²) in [6.45, 7) is 2.96. The fourth-order valence-electron chi connectivity index (χ4n) is 2.13. The van der Waals surface area contributed by atoms with E-state index in [0.29, 0.717) is 5.56 Å². The first-order valence-electron chi connectivity index (χ1n) is 8.32. The van der Waals surface area contributed by atoms with E-state index in [1.807, 2.05) is 5.32 Å². The van der Waals surface area contributed by atoms with E-state index in [-0.39, 0.29) is 17.8 Å². The smallest absolute Gasteiger partial charge is 0.340 e. The number of carbonyl (C=O) groups is 4. The highest BCUT2D eigenvalue weighted by molar-refractivity contribution is 6.08. The van der Waals surface area contributed by atoms with Gasteiger partial charge in [0.15, 0.2) is 6.61 Å². The Morgan fingerprint density at radius 2 is 1.64 bits per heavy atom. The molecule has 0 spiro atoms. The number of imide groups is 1. The minimum absolute atomic E-state index is 0.0793. The van der Waals surface area contributed by atoms with Gasteiger partial charge in [0, 0.05) is 12.1 Å². The third-order valence-corrected chi connectivity index (χ3v) is 3.43. The summed E-state index contributed by atoms with van der Waals surface area (Å²) in [5.74, 6) is -2.00. The van der Waals surface area contributed by atoms with Crippen molar-refractivity contribution < 1.29 is 23.9 Å². The number of benzene rings is 2. The number of rotatable bonds is 7. The van der Waals surface area contributed by atoms with E-state index >= 15 is 0 Å². The van der Waals surface area contributed by atoms with E-state index in [1.165, 1.54) is 12.1 Å². The van der Waals surface area contributed by atoms with Crippen molar-refractivity contribution in [3.63, 3.8) is 0 Å². The number of carbonyl (C=O) groups excluding carboxylic acids is 4. The first kappa shape index (κ1) is 20.4. The van der Waals surface area contributed by atoms with Crippen molar-refractivity contribution in [2.45, 2.75) is 0 Å². The first-order chi connectivity index (χ1) is 13.5. The molecule has 0 fully saturated rings. The Labute approximate surface area is 161 Å². The highest BCUT2D eigenvalue weighted by atomic mass is 16.5. The Balaban J connectivity index is 1.96. The molecule has 0 heterocycles. The average Bonchev–Trinajstić information content (AvgIpc) is 2.71. The Hall–Kier alpha value is -3.94. The minimum atomic E-state index is -0.814. The number of amides is 4. The summed E-state index contributed by atoms with van der Waals surface area (Å²) in [5, 5.41) is 7.00. The molecule has 8 nitrogen and oxygen atoms in total. The fourth-order valence-corrected chi connectivity index (χ4v) is 2.13. The van der Waals surface area contributed by atoms with Gasteiger partial charge >= 0.3 is 12.0 Å². The van der Waals surface area contributed by atoms with Crippen LogP contribution < -0.4 is 16.0 Å². The average molecular weight is 381 g/mol. The van der Waals surface area contributed by atoms with Gasteiger partial charge in [0.2, 0.25) is 0 Å². The number of ether oxygens (including phenoxy) is 1. The summed E-state index contributed by atoms with van der Waals surface area (Å²) < 4.78 is 4.92. The molecular weight excluding hydrogens is 362 g/mol. The molecule has 8 heteroatoms. The predicted octanol–water partition coefficient (Wildman–Crippen LogP) is 2.11. The van der Waals surface area contributed by atoms with Crippen molar-refractivity contribution in [2.75, 3.05) is 18.5 Å². The van der Waals surface area contributed by atoms with Crippen LogP contribution in [0.25, 0.3) is 0 Å². The maximum atomic E-state index is 12.3. The quantitative estimate of drug-likeness (QED) is 0.502. The number of urea groups is 1. The maximum Gasteiger partial charge on any atom is 0.340 e. The molecule has 0 aliphatic rings. The lowest BCUT2D eigenvalue weighted by Crippen LogP contribution is -2.41. The van der Waals surface area contributed by atoms with E-state index in [9.17, 15) is 19.2 Å². The van der Waals surface area contributed by atoms with Gasteiger partial charge in [-0.25, -0.2) is 9.59 Å². The third-order valence-electron chi connectivity index (χ3n) is 3.43. The molecule has 0 atom stereocenters. The molecule has 0 radical (unpaired) electrons. The van der Waals surface area contributed by atoms with Gasteiger partial charge in [0.05, 0.1) is 11.3 Å². The molecule has 28 heavy (non-hydrogen) atoms. The first-order valence-corrected chi connectivity index (χ1v) is 8.32. The molecular formula is C20H19N3O5. The van der Waals surface area contributed by atoms with Gasteiger partial charge in [0.25, 0.3) is 11.8 Å². The lowest BCUT2D eigenvalue weighted by Gasteiger charge is -2.11. The summed E-state index contributed by atoms with van der Waals surface area (Å²) in [5.41, 5.74) is 0.747. The maximum absolute atomic E-state index is 12.3. The van der Waals surface area contributed by atoms with Crippen LogP contribution in [0.2, 0.25) is 0 Å². The summed E-state index contributed by atoms with van der Waals surface area (Å²) >= 11 is 0. The van der Waals surface area contributed by atoms with Gasteiger partial charge in [-0.05, 0) is 24.3 Å². The van der Waals surface area contributed by atoms with E-state index in [4.69, 9.17) is 4.74 Å². The van der Waals surface area contributed by atoms with Crippen LogP contribution in [-0.4, -0.2) is 37.0 Å². The van der Waals surface area contributed by atoms with Crippen molar-refractivity contribution >= 4 is 29.5 Å². The van der Waals surface area contributed by atoms with Crippen LogP contribution in [0.4, 0.5) is 10.5 Å². The van der Waals surface area contributed by atoms with Gasteiger partial charge in [0.1, 0.15) is 0 Å². The molecule has 144 valence electrons. The Morgan fingerprint density at radius 3 is 2.36 bits per heavy atom. The van der Waals surface area contributed by atoms with Crippen molar-refractivity contribution in [3.8, 4) is 0 Å². The standard InChI is InChI=1S/C20H19N3O5/c1-2-12-21-20(27)23-17(24)13-28-19(26)15-10-6-7-11-16(15)22-18(25)14-8-4-3-5-9-14/h2-11H,1,12-13H2,(H,22,25)(H2,21,23,24,27). The van der Waals surface area contributed by atoms with Crippen LogP contribution in [0, 0.1) is 0 Å². The van der Waals surface area contributed by atoms with E-state index in [1.54, 1.807) is 48.5 Å². The molecule has 2 aromatic rings. The zero-order valence-corrected chi connectivity index (χ0v) is 14.9. The summed E-state index contributed by atoms with van der Waals surface area (Å²) in [4.78, 5) is 47.6. The molecule has 2 rings (SSSR count). The number of esters is 1. The second-order valence-electron chi connectivity index (χ2n) is 5.49.